The summed E-state index contributed by atoms with van der Waals surface area (Å²) < 4.78 is 0. The number of benzene rings is 2. The van der Waals surface area contributed by atoms with Crippen LogP contribution in [0, 0.1) is 0 Å². The molecule has 1 amide bonds. The van der Waals surface area contributed by atoms with E-state index in [0.717, 1.165) is 46.8 Å². The van der Waals surface area contributed by atoms with E-state index in [4.69, 9.17) is 0 Å². The van der Waals surface area contributed by atoms with Crippen LogP contribution in [0.1, 0.15) is 21.5 Å². The van der Waals surface area contributed by atoms with E-state index in [1.807, 2.05) is 66.9 Å². The van der Waals surface area contributed by atoms with E-state index >= 15 is 0 Å². The lowest BCUT2D eigenvalue weighted by Gasteiger charge is -2.14. The molecule has 0 atom stereocenters. The smallest absolute Gasteiger partial charge is 0.255 e. The summed E-state index contributed by atoms with van der Waals surface area (Å²) in [6.45, 7) is 0. The van der Waals surface area contributed by atoms with Crippen molar-refractivity contribution in [2.45, 2.75) is 12.8 Å². The van der Waals surface area contributed by atoms with Crippen molar-refractivity contribution in [3.05, 3.63) is 102 Å². The number of aryl methyl sites for hydroxylation is 1. The van der Waals surface area contributed by atoms with Gasteiger partial charge in [0.25, 0.3) is 5.91 Å². The molecule has 2 aromatic heterocycles. The first-order chi connectivity index (χ1) is 15.3. The highest BCUT2D eigenvalue weighted by Gasteiger charge is 2.17. The topological polar surface area (TPSA) is 78.9 Å². The van der Waals surface area contributed by atoms with Crippen LogP contribution in [0.5, 0.6) is 0 Å². The van der Waals surface area contributed by atoms with Crippen LogP contribution in [-0.2, 0) is 12.8 Å². The second-order valence-corrected chi connectivity index (χ2v) is 7.38. The summed E-state index contributed by atoms with van der Waals surface area (Å²) in [6.07, 6.45) is 8.84. The molecule has 6 heteroatoms. The van der Waals surface area contributed by atoms with Gasteiger partial charge in [-0.25, -0.2) is 0 Å². The van der Waals surface area contributed by atoms with Crippen molar-refractivity contribution in [3.8, 4) is 0 Å². The van der Waals surface area contributed by atoms with Crippen LogP contribution < -0.4 is 16.0 Å². The minimum absolute atomic E-state index is 0.132. The zero-order valence-corrected chi connectivity index (χ0v) is 16.8. The van der Waals surface area contributed by atoms with E-state index in [1.165, 1.54) is 5.56 Å². The van der Waals surface area contributed by atoms with Gasteiger partial charge in [0.1, 0.15) is 0 Å². The molecule has 0 aliphatic carbocycles. The van der Waals surface area contributed by atoms with Crippen LogP contribution in [0.3, 0.4) is 0 Å². The Hall–Kier alpha value is -4.19. The Balaban J connectivity index is 1.33. The van der Waals surface area contributed by atoms with Crippen molar-refractivity contribution in [1.82, 2.24) is 9.97 Å². The molecular formula is C25H21N5O. The highest BCUT2D eigenvalue weighted by molar-refractivity contribution is 6.05. The molecule has 4 aromatic rings. The number of anilines is 5. The van der Waals surface area contributed by atoms with Crippen molar-refractivity contribution in [1.29, 1.82) is 0 Å². The highest BCUT2D eigenvalue weighted by Crippen LogP contribution is 2.33. The normalized spacial score (nSPS) is 12.0. The molecule has 2 aromatic carbocycles. The fourth-order valence-corrected chi connectivity index (χ4v) is 3.74. The lowest BCUT2D eigenvalue weighted by molar-refractivity contribution is 0.102. The Bertz CT molecular complexity index is 1220. The molecule has 1 aliphatic heterocycles. The Morgan fingerprint density at radius 1 is 0.806 bits per heavy atom. The molecule has 0 fully saturated rings. The molecule has 152 valence electrons. The fourth-order valence-electron chi connectivity index (χ4n) is 3.74. The van der Waals surface area contributed by atoms with Crippen LogP contribution in [0.2, 0.25) is 0 Å². The Labute approximate surface area is 180 Å². The predicted octanol–water partition coefficient (Wildman–Crippen LogP) is 5.31. The summed E-state index contributed by atoms with van der Waals surface area (Å²) >= 11 is 0. The van der Waals surface area contributed by atoms with Gasteiger partial charge in [0.05, 0.1) is 0 Å². The van der Waals surface area contributed by atoms with Gasteiger partial charge in [-0.2, -0.15) is 0 Å². The summed E-state index contributed by atoms with van der Waals surface area (Å²) in [5, 5.41) is 9.86. The predicted molar refractivity (Wildman–Crippen MR) is 123 cm³/mol. The Morgan fingerprint density at radius 3 is 2.42 bits per heavy atom. The van der Waals surface area contributed by atoms with Gasteiger partial charge in [-0.15, -0.1) is 0 Å². The first-order valence-corrected chi connectivity index (χ1v) is 10.2. The number of nitrogens with zero attached hydrogens (tertiary/aromatic N) is 2. The minimum Gasteiger partial charge on any atom is -0.355 e. The first kappa shape index (κ1) is 18.8. The third-order valence-electron chi connectivity index (χ3n) is 5.36. The average molecular weight is 407 g/mol. The summed E-state index contributed by atoms with van der Waals surface area (Å²) in [5.41, 5.74) is 7.64. The number of hydrogen-bond acceptors (Lipinski definition) is 5. The van der Waals surface area contributed by atoms with Gasteiger partial charge in [-0.05, 0) is 78.6 Å². The lowest BCUT2D eigenvalue weighted by atomic mass is 10.0. The Kier molecular flexibility index (Phi) is 5.02. The number of carbonyl (C=O) groups excluding carboxylic acids is 1. The minimum atomic E-state index is -0.132. The number of pyridine rings is 2. The van der Waals surface area contributed by atoms with E-state index in [9.17, 15) is 4.79 Å². The highest BCUT2D eigenvalue weighted by atomic mass is 16.1. The van der Waals surface area contributed by atoms with Gasteiger partial charge in [0.2, 0.25) is 0 Å². The average Bonchev–Trinajstić information content (AvgIpc) is 3.00. The number of carbonyl (C=O) groups is 1. The van der Waals surface area contributed by atoms with Crippen molar-refractivity contribution in [2.75, 3.05) is 16.0 Å². The van der Waals surface area contributed by atoms with Crippen molar-refractivity contribution >= 4 is 34.3 Å². The van der Waals surface area contributed by atoms with Crippen LogP contribution in [0.15, 0.2) is 85.5 Å². The molecular weight excluding hydrogens is 386 g/mol. The summed E-state index contributed by atoms with van der Waals surface area (Å²) in [4.78, 5) is 21.1. The largest absolute Gasteiger partial charge is 0.355 e. The molecule has 3 N–H and O–H groups in total. The van der Waals surface area contributed by atoms with Gasteiger partial charge in [0.15, 0.2) is 0 Å². The SMILES string of the molecule is O=C(Nc1cccc2c1CCc1cnccc1N2)c1ccc(Nc2ccncc2)cc1. The second-order valence-electron chi connectivity index (χ2n) is 7.38. The van der Waals surface area contributed by atoms with Crippen molar-refractivity contribution < 1.29 is 4.79 Å². The monoisotopic (exact) mass is 407 g/mol. The number of fused-ring (bicyclic) bond motifs is 2. The Morgan fingerprint density at radius 2 is 1.58 bits per heavy atom. The van der Waals surface area contributed by atoms with Crippen molar-refractivity contribution in [2.24, 2.45) is 0 Å². The zero-order valence-electron chi connectivity index (χ0n) is 16.8. The molecule has 1 aliphatic rings. The maximum absolute atomic E-state index is 12.9. The van der Waals surface area contributed by atoms with Gasteiger partial charge >= 0.3 is 0 Å². The molecule has 0 radical (unpaired) electrons. The summed E-state index contributed by atoms with van der Waals surface area (Å²) in [6, 6.07) is 19.1. The molecule has 6 nitrogen and oxygen atoms in total. The molecule has 5 rings (SSSR count). The standard InChI is InChI=1S/C25H21N5O/c31-25(17-4-7-19(8-5-17)28-20-10-13-26-14-11-20)30-24-3-1-2-23-21(24)9-6-18-16-27-15-12-22(18)29-23/h1-5,7-8,10-16,29H,6,9H2,(H,26,28)(H,30,31). The second kappa shape index (κ2) is 8.28. The number of nitrogens with one attached hydrogen (secondary N) is 3. The molecule has 0 saturated carbocycles. The quantitative estimate of drug-likeness (QED) is 0.427. The number of hydrogen-bond donors (Lipinski definition) is 3. The third kappa shape index (κ3) is 4.09. The molecule has 0 saturated heterocycles. The van der Waals surface area contributed by atoms with Crippen LogP contribution in [0.4, 0.5) is 28.4 Å². The van der Waals surface area contributed by atoms with Crippen LogP contribution >= 0.6 is 0 Å². The van der Waals surface area contributed by atoms with E-state index in [-0.39, 0.29) is 5.91 Å². The number of aromatic nitrogens is 2. The molecule has 0 spiro atoms. The van der Waals surface area contributed by atoms with Gasteiger partial charge in [0, 0.05) is 58.8 Å². The fraction of sp³-hybridized carbons (Fsp3) is 0.0800. The van der Waals surface area contributed by atoms with E-state index in [2.05, 4.69) is 25.9 Å². The van der Waals surface area contributed by atoms with Gasteiger partial charge in [-0.1, -0.05) is 6.07 Å². The molecule has 0 unspecified atom stereocenters. The van der Waals surface area contributed by atoms with Crippen molar-refractivity contribution in [3.63, 3.8) is 0 Å². The third-order valence-corrected chi connectivity index (χ3v) is 5.36. The summed E-state index contributed by atoms with van der Waals surface area (Å²) in [5.74, 6) is -0.132. The van der Waals surface area contributed by atoms with E-state index in [1.54, 1.807) is 18.6 Å². The number of amides is 1. The van der Waals surface area contributed by atoms with Gasteiger partial charge < -0.3 is 16.0 Å². The number of rotatable bonds is 4. The molecule has 31 heavy (non-hydrogen) atoms. The molecule has 0 bridgehead atoms. The summed E-state index contributed by atoms with van der Waals surface area (Å²) in [7, 11) is 0. The molecule has 3 heterocycles. The lowest BCUT2D eigenvalue weighted by Crippen LogP contribution is -2.14. The van der Waals surface area contributed by atoms with E-state index in [0.29, 0.717) is 5.56 Å². The van der Waals surface area contributed by atoms with Crippen LogP contribution in [-0.4, -0.2) is 15.9 Å². The zero-order chi connectivity index (χ0) is 21.0. The maximum atomic E-state index is 12.9. The van der Waals surface area contributed by atoms with E-state index < -0.39 is 0 Å². The van der Waals surface area contributed by atoms with Gasteiger partial charge in [-0.3, -0.25) is 14.8 Å². The maximum Gasteiger partial charge on any atom is 0.255 e. The van der Waals surface area contributed by atoms with Crippen LogP contribution in [0.25, 0.3) is 0 Å². The first-order valence-electron chi connectivity index (χ1n) is 10.2.